The van der Waals surface area contributed by atoms with Crippen LogP contribution in [0.1, 0.15) is 114 Å². The van der Waals surface area contributed by atoms with E-state index >= 15 is 0 Å². The Morgan fingerprint density at radius 3 is 1.10 bits per heavy atom. The van der Waals surface area contributed by atoms with Crippen molar-refractivity contribution < 1.29 is 9.47 Å². The molecule has 8 nitrogen and oxygen atoms in total. The first-order valence-electron chi connectivity index (χ1n) is 34.0. The second-order valence-corrected chi connectivity index (χ2v) is 30.1. The second-order valence-electron chi connectivity index (χ2n) is 30.1. The molecule has 16 rings (SSSR count). The maximum atomic E-state index is 10.2. The predicted octanol–water partition coefficient (Wildman–Crippen LogP) is 19.6. The summed E-state index contributed by atoms with van der Waals surface area (Å²) in [5.41, 5.74) is 33.3. The first-order chi connectivity index (χ1) is 46.4. The van der Waals surface area contributed by atoms with Crippen molar-refractivity contribution in [3.05, 3.63) is 266 Å². The van der Waals surface area contributed by atoms with E-state index in [0.717, 1.165) is 113 Å². The van der Waals surface area contributed by atoms with Gasteiger partial charge in [-0.15, -0.1) is 0 Å². The van der Waals surface area contributed by atoms with Crippen LogP contribution in [-0.4, -0.2) is 13.4 Å². The van der Waals surface area contributed by atoms with Gasteiger partial charge in [0.15, 0.2) is 5.69 Å². The van der Waals surface area contributed by atoms with Gasteiger partial charge in [-0.3, -0.25) is 0 Å². The maximum absolute atomic E-state index is 10.2. The molecule has 0 unspecified atom stereocenters. The van der Waals surface area contributed by atoms with Crippen LogP contribution in [0.5, 0.6) is 23.0 Å². The molecule has 0 saturated carbocycles. The number of para-hydroxylation sites is 4. The zero-order chi connectivity index (χ0) is 67.8. The molecule has 5 aliphatic rings. The van der Waals surface area contributed by atoms with E-state index in [1.165, 1.54) is 66.2 Å². The minimum Gasteiger partial charge on any atom is -0.457 e. The third kappa shape index (κ3) is 8.81. The van der Waals surface area contributed by atoms with Gasteiger partial charge in [0.05, 0.1) is 29.6 Å². The Kier molecular flexibility index (Phi) is 13.7. The molecular weight excluding hydrogens is 1180 g/mol. The highest BCUT2D eigenvalue weighted by molar-refractivity contribution is 7.03. The number of ether oxygens (including phenoxy) is 2. The van der Waals surface area contributed by atoms with E-state index in [1.54, 1.807) is 0 Å². The molecule has 0 spiro atoms. The fraction of sp³-hybridized carbons (Fsp3) is 0.218. The number of benzene rings is 11. The normalized spacial score (nSPS) is 14.1. The Labute approximate surface area is 573 Å². The summed E-state index contributed by atoms with van der Waals surface area (Å²) in [5.74, 6) is 2.87. The molecule has 0 aromatic heterocycles. The average molecular weight is 1260 g/mol. The summed E-state index contributed by atoms with van der Waals surface area (Å²) < 4.78 is 14.8. The lowest BCUT2D eigenvalue weighted by Crippen LogP contribution is -2.66. The lowest BCUT2D eigenvalue weighted by molar-refractivity contribution is 0.0908. The third-order valence-corrected chi connectivity index (χ3v) is 22.0. The van der Waals surface area contributed by atoms with Crippen molar-refractivity contribution in [2.45, 2.75) is 116 Å². The summed E-state index contributed by atoms with van der Waals surface area (Å²) >= 11 is 0. The first kappa shape index (κ1) is 61.2. The number of nitriles is 1. The smallest absolute Gasteiger partial charge is 0.252 e. The summed E-state index contributed by atoms with van der Waals surface area (Å²) in [4.78, 5) is 14.1. The quantitative estimate of drug-likeness (QED) is 0.111. The van der Waals surface area contributed by atoms with Crippen LogP contribution in [0.4, 0.5) is 73.9 Å². The van der Waals surface area contributed by atoms with Gasteiger partial charge in [0, 0.05) is 86.6 Å². The standard InChI is InChI=1S/C87H78B2N6O2/c1-49-24-18-20-30-69(49)92-73-47-74-68-46-67(73)88-65-40-60(32-34-71(65)94(81-51(3)26-22-27-52(81)4)77-44-63(42-75(92)79(77)88)96-83-55(7)36-59(48-90)37-56(83)8)87(85(11,12)13,86(14,15)16)61-33-35-72-66(41-61)89(68)80-76(93(74)70-31-21-19-25-50(70)2)43-64(97-84-57(9)38-62(91-17)39-58(84)10)45-78(80)95(72)82-53(5)28-23-29-54(82)6/h18-47H,1-16H3. The van der Waals surface area contributed by atoms with Crippen molar-refractivity contribution in [3.63, 3.8) is 0 Å². The molecule has 0 atom stereocenters. The van der Waals surface area contributed by atoms with Crippen LogP contribution in [0.2, 0.25) is 0 Å². The SMILES string of the molecule is [C-]#[N+]c1cc(C)c(Oc2cc3c4c(c2)N(c2c(C)cccc2C)c2ccc5cc2B4c2cc4c(cc2N3c2ccccc2C)N(c2ccccc2C)c2cc(Oc3c(C)cc(C#N)cc3C)cc3c2B4c2cc(ccc2N3c2c(C)cccc2C)C5(C(C)(C)C)C(C)(C)C)c(C)c1. The first-order valence-corrected chi connectivity index (χ1v) is 34.0. The zero-order valence-corrected chi connectivity index (χ0v) is 58.5. The molecule has 10 heteroatoms. The molecule has 5 aliphatic heterocycles. The van der Waals surface area contributed by atoms with Gasteiger partial charge in [0.25, 0.3) is 13.4 Å². The maximum Gasteiger partial charge on any atom is 0.252 e. The minimum atomic E-state index is -0.587. The van der Waals surface area contributed by atoms with E-state index in [-0.39, 0.29) is 24.3 Å². The zero-order valence-electron chi connectivity index (χ0n) is 58.5. The summed E-state index contributed by atoms with van der Waals surface area (Å²) in [6, 6.07) is 70.7. The number of aryl methyl sites for hydroxylation is 10. The number of hydrogen-bond acceptors (Lipinski definition) is 7. The number of hydrogen-bond donors (Lipinski definition) is 0. The van der Waals surface area contributed by atoms with Crippen molar-refractivity contribution in [2.75, 3.05) is 19.6 Å². The molecule has 6 bridgehead atoms. The molecule has 5 heterocycles. The van der Waals surface area contributed by atoms with Crippen molar-refractivity contribution in [1.82, 2.24) is 0 Å². The molecule has 11 aromatic rings. The highest BCUT2D eigenvalue weighted by Gasteiger charge is 2.56. The lowest BCUT2D eigenvalue weighted by Gasteiger charge is -2.56. The topological polar surface area (TPSA) is 59.6 Å². The molecular formula is C87H78B2N6O2. The molecule has 0 aliphatic carbocycles. The van der Waals surface area contributed by atoms with E-state index in [9.17, 15) is 5.26 Å². The highest BCUT2D eigenvalue weighted by atomic mass is 16.5. The van der Waals surface area contributed by atoms with Gasteiger partial charge >= 0.3 is 0 Å². The van der Waals surface area contributed by atoms with E-state index in [2.05, 4.69) is 271 Å². The summed E-state index contributed by atoms with van der Waals surface area (Å²) in [5, 5.41) is 10.2. The van der Waals surface area contributed by atoms with Crippen LogP contribution in [-0.2, 0) is 5.41 Å². The summed E-state index contributed by atoms with van der Waals surface area (Å²) in [6.07, 6.45) is 0. The van der Waals surface area contributed by atoms with Crippen molar-refractivity contribution >= 4 is 120 Å². The molecule has 0 fully saturated rings. The third-order valence-electron chi connectivity index (χ3n) is 22.0. The Bertz CT molecular complexity index is 4950. The Morgan fingerprint density at radius 1 is 0.371 bits per heavy atom. The monoisotopic (exact) mass is 1260 g/mol. The number of fused-ring (bicyclic) bond motifs is 2. The number of anilines is 12. The van der Waals surface area contributed by atoms with Gasteiger partial charge in [0.2, 0.25) is 0 Å². The van der Waals surface area contributed by atoms with Crippen LogP contribution < -0.4 is 61.9 Å². The highest BCUT2D eigenvalue weighted by Crippen LogP contribution is 2.60. The van der Waals surface area contributed by atoms with Gasteiger partial charge in [-0.1, -0.05) is 145 Å². The van der Waals surface area contributed by atoms with Gasteiger partial charge in [-0.25, -0.2) is 4.85 Å². The predicted molar refractivity (Wildman–Crippen MR) is 406 cm³/mol. The molecule has 0 amide bonds. The fourth-order valence-electron chi connectivity index (χ4n) is 18.6. The minimum absolute atomic E-state index is 0.274. The van der Waals surface area contributed by atoms with Gasteiger partial charge in [-0.05, 0) is 234 Å². The average Bonchev–Trinajstić information content (AvgIpc) is 0.674. The molecule has 11 aromatic carbocycles. The van der Waals surface area contributed by atoms with Crippen LogP contribution in [0, 0.1) is 98.0 Å². The van der Waals surface area contributed by atoms with Gasteiger partial charge in [0.1, 0.15) is 23.0 Å². The van der Waals surface area contributed by atoms with Gasteiger partial charge < -0.3 is 29.1 Å². The van der Waals surface area contributed by atoms with E-state index in [0.29, 0.717) is 22.7 Å². The molecule has 0 radical (unpaired) electrons. The van der Waals surface area contributed by atoms with Crippen molar-refractivity contribution in [3.8, 4) is 29.1 Å². The number of rotatable bonds is 8. The molecule has 0 saturated heterocycles. The van der Waals surface area contributed by atoms with Crippen LogP contribution >= 0.6 is 0 Å². The Morgan fingerprint density at radius 2 is 0.732 bits per heavy atom. The van der Waals surface area contributed by atoms with Crippen LogP contribution in [0.15, 0.2) is 182 Å². The van der Waals surface area contributed by atoms with E-state index in [4.69, 9.17) is 16.0 Å². The van der Waals surface area contributed by atoms with E-state index < -0.39 is 5.41 Å². The molecule has 474 valence electrons. The van der Waals surface area contributed by atoms with E-state index in [1.807, 2.05) is 52.0 Å². The Hall–Kier alpha value is -10.7. The van der Waals surface area contributed by atoms with Gasteiger partial charge in [-0.2, -0.15) is 5.26 Å². The van der Waals surface area contributed by atoms with Crippen LogP contribution in [0.3, 0.4) is 0 Å². The Balaban J connectivity index is 1.11. The molecule has 0 N–H and O–H groups in total. The van der Waals surface area contributed by atoms with Crippen molar-refractivity contribution in [2.24, 2.45) is 10.8 Å². The van der Waals surface area contributed by atoms with Crippen molar-refractivity contribution in [1.29, 1.82) is 5.26 Å². The fourth-order valence-corrected chi connectivity index (χ4v) is 18.6. The number of nitrogens with zero attached hydrogens (tertiary/aromatic N) is 6. The lowest BCUT2D eigenvalue weighted by atomic mass is 9.29. The van der Waals surface area contributed by atoms with Crippen LogP contribution in [0.25, 0.3) is 4.85 Å². The second kappa shape index (κ2) is 21.7. The largest absolute Gasteiger partial charge is 0.457 e. The summed E-state index contributed by atoms with van der Waals surface area (Å²) in [6.45, 7) is 43.9. The summed E-state index contributed by atoms with van der Waals surface area (Å²) in [7, 11) is 0. The molecule has 97 heavy (non-hydrogen) atoms.